The highest BCUT2D eigenvalue weighted by Gasteiger charge is 2.22. The minimum absolute atomic E-state index is 0.135. The van der Waals surface area contributed by atoms with Crippen molar-refractivity contribution in [1.29, 1.82) is 0 Å². The summed E-state index contributed by atoms with van der Waals surface area (Å²) in [7, 11) is 0. The molecule has 27 heavy (non-hydrogen) atoms. The second-order valence-electron chi connectivity index (χ2n) is 7.72. The Morgan fingerprint density at radius 3 is 2.26 bits per heavy atom. The number of unbranched alkanes of at least 4 members (excludes halogenated alkanes) is 2. The Morgan fingerprint density at radius 2 is 1.63 bits per heavy atom. The van der Waals surface area contributed by atoms with E-state index >= 15 is 0 Å². The van der Waals surface area contributed by atoms with Gasteiger partial charge in [-0.1, -0.05) is 44.7 Å². The topological polar surface area (TPSA) is 46.5 Å². The molecule has 2 aromatic rings. The van der Waals surface area contributed by atoms with Gasteiger partial charge in [-0.2, -0.15) is 0 Å². The van der Waals surface area contributed by atoms with Gasteiger partial charge < -0.3 is 9.84 Å². The number of aromatic hydroxyl groups is 1. The molecule has 1 aliphatic carbocycles. The Balaban J connectivity index is 1.50. The average Bonchev–Trinajstić information content (AvgIpc) is 2.70. The maximum Gasteiger partial charge on any atom is 0.343 e. The lowest BCUT2D eigenvalue weighted by Gasteiger charge is -2.29. The molecule has 1 N–H and O–H groups in total. The van der Waals surface area contributed by atoms with Crippen molar-refractivity contribution < 1.29 is 14.6 Å². The summed E-state index contributed by atoms with van der Waals surface area (Å²) in [6, 6.07) is 14.1. The van der Waals surface area contributed by atoms with Gasteiger partial charge in [-0.25, -0.2) is 4.79 Å². The number of phenolic OH excluding ortho intramolecular Hbond substituents is 1. The summed E-state index contributed by atoms with van der Waals surface area (Å²) in [6.45, 7) is 2.27. The standard InChI is InChI=1S/C24H30O3/c1-2-3-4-5-18-6-8-19(9-7-18)20-12-16-23(17-13-20)27-24(26)21-10-14-22(25)15-11-21/h10-19,25H,2-9H2,1H3. The third-order valence-electron chi connectivity index (χ3n) is 5.73. The Kier molecular flexibility index (Phi) is 6.92. The van der Waals surface area contributed by atoms with Crippen LogP contribution in [0.3, 0.4) is 0 Å². The Labute approximate surface area is 162 Å². The lowest BCUT2D eigenvalue weighted by atomic mass is 9.77. The molecule has 144 valence electrons. The van der Waals surface area contributed by atoms with E-state index in [2.05, 4.69) is 19.1 Å². The Bertz CT molecular complexity index is 710. The van der Waals surface area contributed by atoms with Crippen LogP contribution in [-0.2, 0) is 0 Å². The van der Waals surface area contributed by atoms with Gasteiger partial charge in [0.15, 0.2) is 0 Å². The molecule has 0 atom stereocenters. The van der Waals surface area contributed by atoms with Gasteiger partial charge in [0.05, 0.1) is 5.56 Å². The van der Waals surface area contributed by atoms with Crippen LogP contribution in [0.1, 0.15) is 80.1 Å². The summed E-state index contributed by atoms with van der Waals surface area (Å²) < 4.78 is 5.43. The molecular formula is C24H30O3. The molecule has 0 radical (unpaired) electrons. The first-order chi connectivity index (χ1) is 13.2. The van der Waals surface area contributed by atoms with Crippen LogP contribution in [0.4, 0.5) is 0 Å². The normalized spacial score (nSPS) is 19.6. The van der Waals surface area contributed by atoms with Crippen LogP contribution in [0, 0.1) is 5.92 Å². The third kappa shape index (κ3) is 5.59. The van der Waals surface area contributed by atoms with E-state index in [9.17, 15) is 9.90 Å². The van der Waals surface area contributed by atoms with E-state index in [-0.39, 0.29) is 5.75 Å². The van der Waals surface area contributed by atoms with Crippen molar-refractivity contribution in [3.63, 3.8) is 0 Å². The number of ether oxygens (including phenoxy) is 1. The SMILES string of the molecule is CCCCCC1CCC(c2ccc(OC(=O)c3ccc(O)cc3)cc2)CC1. The smallest absolute Gasteiger partial charge is 0.343 e. The Morgan fingerprint density at radius 1 is 0.963 bits per heavy atom. The number of carbonyl (C=O) groups is 1. The molecule has 2 aromatic carbocycles. The van der Waals surface area contributed by atoms with Crippen LogP contribution in [-0.4, -0.2) is 11.1 Å². The van der Waals surface area contributed by atoms with Crippen LogP contribution in [0.5, 0.6) is 11.5 Å². The van der Waals surface area contributed by atoms with Crippen LogP contribution < -0.4 is 4.74 Å². The minimum Gasteiger partial charge on any atom is -0.508 e. The Hall–Kier alpha value is -2.29. The molecule has 0 aromatic heterocycles. The molecule has 0 bridgehead atoms. The van der Waals surface area contributed by atoms with E-state index in [0.29, 0.717) is 17.2 Å². The molecule has 0 aliphatic heterocycles. The zero-order valence-corrected chi connectivity index (χ0v) is 16.2. The number of benzene rings is 2. The molecule has 0 unspecified atom stereocenters. The molecule has 0 heterocycles. The summed E-state index contributed by atoms with van der Waals surface area (Å²) in [6.07, 6.45) is 10.7. The van der Waals surface area contributed by atoms with E-state index in [1.54, 1.807) is 12.1 Å². The van der Waals surface area contributed by atoms with Crippen molar-refractivity contribution in [3.05, 3.63) is 59.7 Å². The maximum atomic E-state index is 12.2. The van der Waals surface area contributed by atoms with Gasteiger partial charge in [-0.05, 0) is 79.5 Å². The van der Waals surface area contributed by atoms with Gasteiger partial charge >= 0.3 is 5.97 Å². The molecule has 1 fully saturated rings. The zero-order valence-electron chi connectivity index (χ0n) is 16.2. The van der Waals surface area contributed by atoms with Crippen molar-refractivity contribution >= 4 is 5.97 Å². The van der Waals surface area contributed by atoms with Crippen molar-refractivity contribution in [1.82, 2.24) is 0 Å². The molecule has 1 aliphatic rings. The van der Waals surface area contributed by atoms with Gasteiger partial charge in [-0.15, -0.1) is 0 Å². The maximum absolute atomic E-state index is 12.2. The summed E-state index contributed by atoms with van der Waals surface area (Å²) in [5.41, 5.74) is 1.78. The predicted molar refractivity (Wildman–Crippen MR) is 108 cm³/mol. The van der Waals surface area contributed by atoms with Crippen LogP contribution in [0.25, 0.3) is 0 Å². The van der Waals surface area contributed by atoms with E-state index in [1.807, 2.05) is 12.1 Å². The second-order valence-corrected chi connectivity index (χ2v) is 7.72. The fourth-order valence-corrected chi connectivity index (χ4v) is 4.04. The number of hydrogen-bond acceptors (Lipinski definition) is 3. The first kappa shape index (κ1) is 19.5. The molecule has 0 spiro atoms. The molecule has 3 heteroatoms. The summed E-state index contributed by atoms with van der Waals surface area (Å²) in [5.74, 6) is 1.84. The lowest BCUT2D eigenvalue weighted by molar-refractivity contribution is 0.0734. The monoisotopic (exact) mass is 366 g/mol. The molecule has 0 amide bonds. The first-order valence-corrected chi connectivity index (χ1v) is 10.3. The van der Waals surface area contributed by atoms with E-state index < -0.39 is 5.97 Å². The lowest BCUT2D eigenvalue weighted by Crippen LogP contribution is -2.13. The fraction of sp³-hybridized carbons (Fsp3) is 0.458. The predicted octanol–water partition coefficient (Wildman–Crippen LogP) is 6.47. The van der Waals surface area contributed by atoms with Gasteiger partial charge in [0.25, 0.3) is 0 Å². The summed E-state index contributed by atoms with van der Waals surface area (Å²) in [4.78, 5) is 12.2. The first-order valence-electron chi connectivity index (χ1n) is 10.3. The number of rotatable bonds is 7. The largest absolute Gasteiger partial charge is 0.508 e. The van der Waals surface area contributed by atoms with Gasteiger partial charge in [-0.3, -0.25) is 0 Å². The number of carbonyl (C=O) groups excluding carboxylic acids is 1. The molecule has 3 rings (SSSR count). The van der Waals surface area contributed by atoms with Gasteiger partial charge in [0.1, 0.15) is 11.5 Å². The van der Waals surface area contributed by atoms with Crippen LogP contribution in [0.2, 0.25) is 0 Å². The highest BCUT2D eigenvalue weighted by atomic mass is 16.5. The number of phenols is 1. The third-order valence-corrected chi connectivity index (χ3v) is 5.73. The number of hydrogen-bond donors (Lipinski definition) is 1. The van der Waals surface area contributed by atoms with Crippen molar-refractivity contribution in [2.75, 3.05) is 0 Å². The summed E-state index contributed by atoms with van der Waals surface area (Å²) >= 11 is 0. The van der Waals surface area contributed by atoms with Crippen molar-refractivity contribution in [2.45, 2.75) is 64.2 Å². The summed E-state index contributed by atoms with van der Waals surface area (Å²) in [5, 5.41) is 9.30. The van der Waals surface area contributed by atoms with E-state index in [0.717, 1.165) is 5.92 Å². The van der Waals surface area contributed by atoms with Crippen LogP contribution >= 0.6 is 0 Å². The zero-order chi connectivity index (χ0) is 19.1. The fourth-order valence-electron chi connectivity index (χ4n) is 4.04. The second kappa shape index (κ2) is 9.59. The van der Waals surface area contributed by atoms with Gasteiger partial charge in [0, 0.05) is 0 Å². The molecular weight excluding hydrogens is 336 g/mol. The van der Waals surface area contributed by atoms with Crippen LogP contribution in [0.15, 0.2) is 48.5 Å². The van der Waals surface area contributed by atoms with E-state index in [4.69, 9.17) is 4.74 Å². The highest BCUT2D eigenvalue weighted by Crippen LogP contribution is 2.38. The molecule has 3 nitrogen and oxygen atoms in total. The molecule has 1 saturated carbocycles. The number of esters is 1. The van der Waals surface area contributed by atoms with Crippen molar-refractivity contribution in [2.24, 2.45) is 5.92 Å². The molecule has 0 saturated heterocycles. The quantitative estimate of drug-likeness (QED) is 0.347. The minimum atomic E-state index is -0.407. The van der Waals surface area contributed by atoms with E-state index in [1.165, 1.54) is 69.1 Å². The van der Waals surface area contributed by atoms with Gasteiger partial charge in [0.2, 0.25) is 0 Å². The highest BCUT2D eigenvalue weighted by molar-refractivity contribution is 5.91. The van der Waals surface area contributed by atoms with Crippen molar-refractivity contribution in [3.8, 4) is 11.5 Å². The average molecular weight is 367 g/mol.